The summed E-state index contributed by atoms with van der Waals surface area (Å²) in [5.74, 6) is 6.43. The number of ether oxygens (including phenoxy) is 5. The predicted octanol–water partition coefficient (Wildman–Crippen LogP) is 29.1. The number of unbranched alkanes of at least 4 members (excludes halogenated alkanes) is 8. The second kappa shape index (κ2) is 35.4. The number of carbonyl (C=O) groups excluding carboxylic acids is 1. The number of benzene rings is 11. The number of anilines is 1. The van der Waals surface area contributed by atoms with Gasteiger partial charge in [-0.05, 0) is 288 Å². The molecular formula is C104H112F3NO6. The fraction of sp³-hybridized carbons (Fsp3) is 0.375. The first-order valence-electron chi connectivity index (χ1n) is 42.7. The van der Waals surface area contributed by atoms with E-state index in [1.807, 2.05) is 98.8 Å². The Morgan fingerprint density at radius 1 is 0.500 bits per heavy atom. The average molecular weight is 1530 g/mol. The highest BCUT2D eigenvalue weighted by Gasteiger charge is 2.46. The van der Waals surface area contributed by atoms with Gasteiger partial charge in [0.05, 0.1) is 32.5 Å². The molecule has 590 valence electrons. The van der Waals surface area contributed by atoms with Gasteiger partial charge in [0.15, 0.2) is 5.60 Å². The van der Waals surface area contributed by atoms with Gasteiger partial charge < -0.3 is 29.0 Å². The SMILES string of the molecule is CCCCCC1CCC(c2ccc(-c3ccc(OCCCCCCOc4cccc5c4c(-c4ccc(NC(=O)c6ccc(-c7ccc(C8CCC(CCCCC)CC8)cc7)cc6)cc4C)cc4c6c(c7c(c45)OC(c4ccc(OC)cc4)(c4ccc(OCCCC)cc4)C=C7)C(C)(C)c4cc(C(F)(F)F)ccc4-6)cc3)cc2)CC1. The second-order valence-corrected chi connectivity index (χ2v) is 33.4. The van der Waals surface area contributed by atoms with Crippen molar-refractivity contribution in [2.75, 3.05) is 32.2 Å². The van der Waals surface area contributed by atoms with Crippen LogP contribution < -0.4 is 29.0 Å². The average Bonchev–Trinajstić information content (AvgIpc) is 1.47. The Hall–Kier alpha value is -10.1. The van der Waals surface area contributed by atoms with E-state index < -0.39 is 22.8 Å². The zero-order valence-corrected chi connectivity index (χ0v) is 67.9. The number of hydrogen-bond donors (Lipinski definition) is 1. The fourth-order valence-electron chi connectivity index (χ4n) is 18.9. The van der Waals surface area contributed by atoms with Gasteiger partial charge in [0.25, 0.3) is 5.91 Å². The van der Waals surface area contributed by atoms with E-state index in [2.05, 4.69) is 148 Å². The number of methoxy groups -OCH3 is 1. The highest BCUT2D eigenvalue weighted by atomic mass is 19.4. The van der Waals surface area contributed by atoms with Crippen LogP contribution in [-0.2, 0) is 17.2 Å². The Labute approximate surface area is 674 Å². The van der Waals surface area contributed by atoms with Gasteiger partial charge in [-0.3, -0.25) is 4.79 Å². The van der Waals surface area contributed by atoms with Crippen molar-refractivity contribution in [1.29, 1.82) is 0 Å². The van der Waals surface area contributed by atoms with Crippen molar-refractivity contribution in [2.24, 2.45) is 11.8 Å². The summed E-state index contributed by atoms with van der Waals surface area (Å²) >= 11 is 0. The van der Waals surface area contributed by atoms with Crippen LogP contribution >= 0.6 is 0 Å². The molecule has 1 atom stereocenters. The van der Waals surface area contributed by atoms with E-state index in [9.17, 15) is 4.79 Å². The van der Waals surface area contributed by atoms with E-state index in [0.29, 0.717) is 65.7 Å². The highest BCUT2D eigenvalue weighted by Crippen LogP contribution is 2.61. The van der Waals surface area contributed by atoms with Crippen LogP contribution in [0.15, 0.2) is 212 Å². The van der Waals surface area contributed by atoms with E-state index in [0.717, 1.165) is 145 Å². The fourth-order valence-corrected chi connectivity index (χ4v) is 18.9. The number of halogens is 3. The number of alkyl halides is 3. The minimum Gasteiger partial charge on any atom is -0.497 e. The quantitative estimate of drug-likeness (QED) is 0.0345. The van der Waals surface area contributed by atoms with E-state index >= 15 is 13.2 Å². The molecule has 1 aliphatic heterocycles. The summed E-state index contributed by atoms with van der Waals surface area (Å²) in [5, 5.41) is 6.56. The Bertz CT molecular complexity index is 5160. The first-order chi connectivity index (χ1) is 55.5. The molecule has 0 spiro atoms. The lowest BCUT2D eigenvalue weighted by molar-refractivity contribution is -0.137. The van der Waals surface area contributed by atoms with Crippen molar-refractivity contribution < 1.29 is 41.7 Å². The molecule has 11 aromatic carbocycles. The minimum atomic E-state index is -4.57. The molecule has 4 aliphatic rings. The van der Waals surface area contributed by atoms with Crippen molar-refractivity contribution in [3.05, 3.63) is 268 Å². The lowest BCUT2D eigenvalue weighted by Gasteiger charge is -2.39. The maximum atomic E-state index is 15.0. The molecule has 1 N–H and O–H groups in total. The van der Waals surface area contributed by atoms with Gasteiger partial charge in [-0.1, -0.05) is 220 Å². The molecule has 11 aromatic rings. The second-order valence-electron chi connectivity index (χ2n) is 33.4. The van der Waals surface area contributed by atoms with Crippen LogP contribution in [0.25, 0.3) is 72.1 Å². The number of nitrogens with one attached hydrogen (secondary N) is 1. The summed E-state index contributed by atoms with van der Waals surface area (Å²) in [6.45, 7) is 14.5. The molecule has 0 radical (unpaired) electrons. The molecule has 1 amide bonds. The molecule has 3 aliphatic carbocycles. The number of hydrogen-bond acceptors (Lipinski definition) is 6. The topological polar surface area (TPSA) is 75.3 Å². The van der Waals surface area contributed by atoms with Crippen molar-refractivity contribution in [2.45, 2.75) is 212 Å². The number of aryl methyl sites for hydroxylation is 1. The maximum absolute atomic E-state index is 15.0. The zero-order valence-electron chi connectivity index (χ0n) is 67.9. The Morgan fingerprint density at radius 2 is 1.02 bits per heavy atom. The first kappa shape index (κ1) is 79.2. The van der Waals surface area contributed by atoms with E-state index in [-0.39, 0.29) is 5.91 Å². The van der Waals surface area contributed by atoms with Crippen LogP contribution in [-0.4, -0.2) is 32.8 Å². The third kappa shape index (κ3) is 17.0. The molecule has 1 heterocycles. The summed E-state index contributed by atoms with van der Waals surface area (Å²) < 4.78 is 78.5. The third-order valence-corrected chi connectivity index (χ3v) is 25.5. The minimum absolute atomic E-state index is 0.221. The van der Waals surface area contributed by atoms with Crippen molar-refractivity contribution in [1.82, 2.24) is 0 Å². The molecule has 2 fully saturated rings. The van der Waals surface area contributed by atoms with Crippen LogP contribution in [0.1, 0.15) is 248 Å². The van der Waals surface area contributed by atoms with Crippen molar-refractivity contribution in [3.8, 4) is 73.3 Å². The largest absolute Gasteiger partial charge is 0.497 e. The Balaban J connectivity index is 0.730. The molecule has 15 rings (SSSR count). The van der Waals surface area contributed by atoms with Crippen molar-refractivity contribution >= 4 is 39.2 Å². The van der Waals surface area contributed by atoms with Gasteiger partial charge >= 0.3 is 6.18 Å². The summed E-state index contributed by atoms with van der Waals surface area (Å²) in [6.07, 6.45) is 26.4. The Kier molecular flexibility index (Phi) is 24.6. The Morgan fingerprint density at radius 3 is 1.56 bits per heavy atom. The van der Waals surface area contributed by atoms with E-state index in [1.165, 1.54) is 137 Å². The first-order valence-corrected chi connectivity index (χ1v) is 42.7. The molecule has 1 unspecified atom stereocenters. The molecule has 10 heteroatoms. The van der Waals surface area contributed by atoms with Crippen LogP contribution in [0.4, 0.5) is 18.9 Å². The van der Waals surface area contributed by atoms with Gasteiger partial charge in [0.2, 0.25) is 0 Å². The van der Waals surface area contributed by atoms with Gasteiger partial charge in [0, 0.05) is 44.1 Å². The molecule has 7 nitrogen and oxygen atoms in total. The van der Waals surface area contributed by atoms with Gasteiger partial charge in [-0.25, -0.2) is 0 Å². The summed E-state index contributed by atoms with van der Waals surface area (Å²) in [5.41, 5.74) is 14.0. The standard InChI is InChI=1S/C104H112F3NO6/c1-8-11-16-21-70-25-29-72(30-26-70)74-33-37-76(38-34-74)78-41-43-80(44-42-78)101(109)108-84-52-60-88(69(4)66-84)92-68-93-97-89-59-51-83(104(105,106)107)67-94(89)102(5,6)99(97)91-61-62-103(81-47-55-85(110-7)56-48-81,82-49-57-87(58-50-82)111-63-13-10-3)114-100(91)98(93)90-23-20-24-95(96(90)92)113-65-19-15-14-18-64-112-86-53-45-79(46-54-86)77-39-35-75(36-40-77)73-31-27-71(28-32-73)22-17-12-9-2/h20,23-24,33-62,66-68,70-73H,8-19,21-22,25-32,63-65H2,1-7H3,(H,108,109). The lowest BCUT2D eigenvalue weighted by atomic mass is 9.76. The van der Waals surface area contributed by atoms with Gasteiger partial charge in [-0.2, -0.15) is 13.2 Å². The number of carbonyl (C=O) groups is 1. The normalized spacial score (nSPS) is 18.2. The molecule has 0 bridgehead atoms. The molecule has 0 saturated heterocycles. The molecule has 0 aromatic heterocycles. The molecule has 2 saturated carbocycles. The number of fused-ring (bicyclic) bond motifs is 10. The van der Waals surface area contributed by atoms with E-state index in [4.69, 9.17) is 23.7 Å². The monoisotopic (exact) mass is 1530 g/mol. The van der Waals surface area contributed by atoms with Crippen molar-refractivity contribution in [3.63, 3.8) is 0 Å². The highest BCUT2D eigenvalue weighted by molar-refractivity contribution is 6.24. The summed E-state index contributed by atoms with van der Waals surface area (Å²) in [7, 11) is 1.65. The van der Waals surface area contributed by atoms with Gasteiger partial charge in [0.1, 0.15) is 28.7 Å². The third-order valence-electron chi connectivity index (χ3n) is 25.5. The van der Waals surface area contributed by atoms with Crippen LogP contribution in [0.2, 0.25) is 0 Å². The van der Waals surface area contributed by atoms with Gasteiger partial charge in [-0.15, -0.1) is 0 Å². The maximum Gasteiger partial charge on any atom is 0.416 e. The number of rotatable bonds is 31. The molecular weight excluding hydrogens is 1420 g/mol. The lowest BCUT2D eigenvalue weighted by Crippen LogP contribution is -2.35. The zero-order chi connectivity index (χ0) is 78.9. The van der Waals surface area contributed by atoms with Crippen LogP contribution in [0.5, 0.6) is 28.7 Å². The summed E-state index contributed by atoms with van der Waals surface area (Å²) in [4.78, 5) is 14.3. The predicted molar refractivity (Wildman–Crippen MR) is 463 cm³/mol. The smallest absolute Gasteiger partial charge is 0.416 e. The summed E-state index contributed by atoms with van der Waals surface area (Å²) in [6, 6.07) is 69.5. The van der Waals surface area contributed by atoms with Crippen LogP contribution in [0, 0.1) is 18.8 Å². The van der Waals surface area contributed by atoms with E-state index in [1.54, 1.807) is 13.2 Å². The molecule has 114 heavy (non-hydrogen) atoms. The number of amides is 1. The van der Waals surface area contributed by atoms with Crippen LogP contribution in [0.3, 0.4) is 0 Å².